The molecule has 0 amide bonds. The molecule has 0 saturated heterocycles. The van der Waals surface area contributed by atoms with Crippen LogP contribution in [-0.2, 0) is 0 Å². The molecule has 0 aliphatic carbocycles. The first-order chi connectivity index (χ1) is 4.83. The summed E-state index contributed by atoms with van der Waals surface area (Å²) in [5.74, 6) is 0. The standard InChI is InChI=1S/2C4H9O.Sr/c2*1-2-3-4-5;/h2*2-4H2,1H3;/q2*-1;+2. The van der Waals surface area contributed by atoms with Crippen LogP contribution < -0.4 is 10.2 Å². The van der Waals surface area contributed by atoms with E-state index in [2.05, 4.69) is 0 Å². The van der Waals surface area contributed by atoms with Crippen molar-refractivity contribution in [1.82, 2.24) is 0 Å². The summed E-state index contributed by atoms with van der Waals surface area (Å²) in [4.78, 5) is 0. The first-order valence-electron chi connectivity index (χ1n) is 3.99. The molecule has 0 unspecified atom stereocenters. The fourth-order valence-corrected chi connectivity index (χ4v) is 0.289. The van der Waals surface area contributed by atoms with Gasteiger partial charge in [0.2, 0.25) is 0 Å². The minimum atomic E-state index is 0. The van der Waals surface area contributed by atoms with Gasteiger partial charge in [0.25, 0.3) is 0 Å². The summed E-state index contributed by atoms with van der Waals surface area (Å²) in [6, 6.07) is 0. The van der Waals surface area contributed by atoms with Gasteiger partial charge in [-0.2, -0.15) is 0 Å². The molecular formula is C8H18O2Sr. The van der Waals surface area contributed by atoms with E-state index in [0.717, 1.165) is 25.7 Å². The van der Waals surface area contributed by atoms with Crippen LogP contribution in [0.15, 0.2) is 0 Å². The molecule has 0 radical (unpaired) electrons. The molecule has 0 spiro atoms. The summed E-state index contributed by atoms with van der Waals surface area (Å²) in [5.41, 5.74) is 0. The van der Waals surface area contributed by atoms with Crippen molar-refractivity contribution in [2.75, 3.05) is 13.2 Å². The Morgan fingerprint density at radius 2 is 1.09 bits per heavy atom. The SMILES string of the molecule is CCCC[O-].CCCC[O-].[Sr+2]. The average molecular weight is 234 g/mol. The molecule has 0 saturated carbocycles. The maximum absolute atomic E-state index is 9.53. The molecule has 0 rings (SSSR count). The Morgan fingerprint density at radius 3 is 1.09 bits per heavy atom. The van der Waals surface area contributed by atoms with E-state index in [9.17, 15) is 10.2 Å². The first-order valence-corrected chi connectivity index (χ1v) is 3.99. The van der Waals surface area contributed by atoms with Crippen molar-refractivity contribution >= 4 is 45.5 Å². The molecule has 0 aliphatic heterocycles. The Balaban J connectivity index is -0.000000107. The van der Waals surface area contributed by atoms with Crippen molar-refractivity contribution in [3.63, 3.8) is 0 Å². The normalized spacial score (nSPS) is 7.64. The molecule has 0 aromatic carbocycles. The van der Waals surface area contributed by atoms with Crippen molar-refractivity contribution in [1.29, 1.82) is 0 Å². The summed E-state index contributed by atoms with van der Waals surface area (Å²) in [6.07, 6.45) is 3.73. The minimum Gasteiger partial charge on any atom is -0.854 e. The predicted molar refractivity (Wildman–Crippen MR) is 45.3 cm³/mol. The van der Waals surface area contributed by atoms with E-state index in [0.29, 0.717) is 0 Å². The van der Waals surface area contributed by atoms with Gasteiger partial charge in [-0.15, -0.1) is 13.2 Å². The van der Waals surface area contributed by atoms with E-state index >= 15 is 0 Å². The zero-order valence-electron chi connectivity index (χ0n) is 7.77. The summed E-state index contributed by atoms with van der Waals surface area (Å²) in [6.45, 7) is 4.21. The number of hydrogen-bond acceptors (Lipinski definition) is 2. The van der Waals surface area contributed by atoms with Crippen LogP contribution in [0, 0.1) is 0 Å². The van der Waals surface area contributed by atoms with E-state index < -0.39 is 0 Å². The van der Waals surface area contributed by atoms with Crippen LogP contribution in [0.5, 0.6) is 0 Å². The molecule has 0 aliphatic rings. The maximum Gasteiger partial charge on any atom is 2.00 e. The third-order valence-electron chi connectivity index (χ3n) is 0.996. The molecule has 0 N–H and O–H groups in total. The average Bonchev–Trinajstić information content (AvgIpc) is 1.93. The largest absolute Gasteiger partial charge is 2.00 e. The third-order valence-corrected chi connectivity index (χ3v) is 0.996. The smallest absolute Gasteiger partial charge is 0.854 e. The molecule has 0 aromatic heterocycles. The summed E-state index contributed by atoms with van der Waals surface area (Å²) in [5, 5.41) is 19.1. The van der Waals surface area contributed by atoms with Crippen LogP contribution in [0.25, 0.3) is 0 Å². The van der Waals surface area contributed by atoms with Crippen molar-refractivity contribution in [3.8, 4) is 0 Å². The molecule has 0 atom stereocenters. The second kappa shape index (κ2) is 22.5. The number of unbranched alkanes of at least 4 members (excludes halogenated alkanes) is 2. The van der Waals surface area contributed by atoms with Gasteiger partial charge < -0.3 is 10.2 Å². The van der Waals surface area contributed by atoms with Crippen molar-refractivity contribution in [2.24, 2.45) is 0 Å². The zero-order valence-corrected chi connectivity index (χ0v) is 11.2. The molecule has 2 nitrogen and oxygen atoms in total. The van der Waals surface area contributed by atoms with Crippen molar-refractivity contribution in [2.45, 2.75) is 39.5 Å². The molecular weight excluding hydrogens is 216 g/mol. The number of hydrogen-bond donors (Lipinski definition) is 0. The van der Waals surface area contributed by atoms with Crippen LogP contribution in [0.2, 0.25) is 0 Å². The molecule has 0 heterocycles. The van der Waals surface area contributed by atoms with Crippen LogP contribution in [0.3, 0.4) is 0 Å². The van der Waals surface area contributed by atoms with Gasteiger partial charge in [-0.3, -0.25) is 0 Å². The van der Waals surface area contributed by atoms with Gasteiger partial charge in [-0.25, -0.2) is 0 Å². The van der Waals surface area contributed by atoms with Gasteiger partial charge in [0.1, 0.15) is 0 Å². The monoisotopic (exact) mass is 234 g/mol. The van der Waals surface area contributed by atoms with E-state index in [-0.39, 0.29) is 58.7 Å². The van der Waals surface area contributed by atoms with Gasteiger partial charge in [0.15, 0.2) is 0 Å². The zero-order chi connectivity index (χ0) is 8.24. The van der Waals surface area contributed by atoms with Crippen molar-refractivity contribution in [3.05, 3.63) is 0 Å². The molecule has 64 valence electrons. The predicted octanol–water partition coefficient (Wildman–Crippen LogP) is -0.0872. The Hall–Kier alpha value is 1.40. The van der Waals surface area contributed by atoms with Gasteiger partial charge in [-0.05, 0) is 0 Å². The van der Waals surface area contributed by atoms with Gasteiger partial charge in [0.05, 0.1) is 0 Å². The second-order valence-corrected chi connectivity index (χ2v) is 2.12. The Morgan fingerprint density at radius 1 is 0.818 bits per heavy atom. The van der Waals surface area contributed by atoms with Crippen molar-refractivity contribution < 1.29 is 10.2 Å². The van der Waals surface area contributed by atoms with Crippen LogP contribution in [-0.4, -0.2) is 58.7 Å². The summed E-state index contributed by atoms with van der Waals surface area (Å²) in [7, 11) is 0. The Bertz CT molecular complexity index is 33.1. The number of rotatable bonds is 4. The fourth-order valence-electron chi connectivity index (χ4n) is 0.289. The van der Waals surface area contributed by atoms with Crippen LogP contribution in [0.1, 0.15) is 39.5 Å². The molecule has 0 aromatic rings. The summed E-state index contributed by atoms with van der Waals surface area (Å²) >= 11 is 0. The maximum atomic E-state index is 9.53. The molecule has 0 fully saturated rings. The topological polar surface area (TPSA) is 46.1 Å². The Labute approximate surface area is 107 Å². The van der Waals surface area contributed by atoms with E-state index in [1.165, 1.54) is 0 Å². The van der Waals surface area contributed by atoms with Crippen LogP contribution in [0.4, 0.5) is 0 Å². The summed E-state index contributed by atoms with van der Waals surface area (Å²) < 4.78 is 0. The van der Waals surface area contributed by atoms with Crippen LogP contribution >= 0.6 is 0 Å². The third kappa shape index (κ3) is 34.5. The fraction of sp³-hybridized carbons (Fsp3) is 1.00. The van der Waals surface area contributed by atoms with Gasteiger partial charge in [-0.1, -0.05) is 39.5 Å². The minimum absolute atomic E-state index is 0. The Kier molecular flexibility index (Phi) is 37.3. The van der Waals surface area contributed by atoms with Gasteiger partial charge in [0, 0.05) is 0 Å². The molecule has 3 heteroatoms. The van der Waals surface area contributed by atoms with E-state index in [1.807, 2.05) is 13.8 Å². The molecule has 0 bridgehead atoms. The first kappa shape index (κ1) is 18.2. The second-order valence-electron chi connectivity index (χ2n) is 2.12. The van der Waals surface area contributed by atoms with E-state index in [1.54, 1.807) is 0 Å². The molecule has 11 heavy (non-hydrogen) atoms. The quantitative estimate of drug-likeness (QED) is 0.638. The van der Waals surface area contributed by atoms with E-state index in [4.69, 9.17) is 0 Å². The van der Waals surface area contributed by atoms with Gasteiger partial charge >= 0.3 is 45.5 Å².